The van der Waals surface area contributed by atoms with Crippen molar-refractivity contribution < 1.29 is 0 Å². The molecule has 0 aromatic carbocycles. The summed E-state index contributed by atoms with van der Waals surface area (Å²) in [5, 5.41) is 3.89. The normalized spacial score (nSPS) is 25.9. The molecule has 1 saturated heterocycles. The van der Waals surface area contributed by atoms with Crippen LogP contribution < -0.4 is 5.32 Å². The fraction of sp³-hybridized carbons (Fsp3) is 1.00. The first-order valence-electron chi connectivity index (χ1n) is 6.85. The molecule has 1 aliphatic rings. The van der Waals surface area contributed by atoms with Gasteiger partial charge in [0.05, 0.1) is 0 Å². The van der Waals surface area contributed by atoms with Gasteiger partial charge in [-0.2, -0.15) is 11.8 Å². The number of nitrogens with one attached hydrogen (secondary N) is 1. The Labute approximate surface area is 113 Å². The van der Waals surface area contributed by atoms with Crippen molar-refractivity contribution in [3.63, 3.8) is 0 Å². The molecule has 0 spiro atoms. The number of rotatable bonds is 3. The minimum absolute atomic E-state index is 0.247. The minimum atomic E-state index is 0.247. The first-order valence-corrected chi connectivity index (χ1v) is 8.00. The lowest BCUT2D eigenvalue weighted by atomic mass is 9.80. The standard InChI is InChI=1S/C15H31NS/c1-13(2,3)10-15(6,7)16-12-8-14(4,5)11-17-9-12/h12,16H,8-11H2,1-7H3. The highest BCUT2D eigenvalue weighted by molar-refractivity contribution is 7.99. The summed E-state index contributed by atoms with van der Waals surface area (Å²) in [6.07, 6.45) is 2.54. The van der Waals surface area contributed by atoms with Crippen molar-refractivity contribution in [3.05, 3.63) is 0 Å². The molecule has 1 unspecified atom stereocenters. The Morgan fingerprint density at radius 3 is 2.24 bits per heavy atom. The number of hydrogen-bond acceptors (Lipinski definition) is 2. The van der Waals surface area contributed by atoms with Crippen molar-refractivity contribution in [1.29, 1.82) is 0 Å². The highest BCUT2D eigenvalue weighted by Gasteiger charge is 2.33. The minimum Gasteiger partial charge on any atom is -0.308 e. The maximum Gasteiger partial charge on any atom is 0.0168 e. The van der Waals surface area contributed by atoms with Crippen LogP contribution in [0.25, 0.3) is 0 Å². The van der Waals surface area contributed by atoms with E-state index >= 15 is 0 Å². The van der Waals surface area contributed by atoms with Crippen LogP contribution in [0.15, 0.2) is 0 Å². The summed E-state index contributed by atoms with van der Waals surface area (Å²) in [4.78, 5) is 0. The molecule has 1 heterocycles. The Bertz CT molecular complexity index is 250. The third-order valence-corrected chi connectivity index (χ3v) is 4.80. The van der Waals surface area contributed by atoms with Crippen molar-refractivity contribution in [1.82, 2.24) is 5.32 Å². The summed E-state index contributed by atoms with van der Waals surface area (Å²) < 4.78 is 0. The van der Waals surface area contributed by atoms with E-state index in [2.05, 4.69) is 65.5 Å². The second kappa shape index (κ2) is 5.13. The lowest BCUT2D eigenvalue weighted by Gasteiger charge is -2.41. The van der Waals surface area contributed by atoms with Crippen LogP contribution in [-0.4, -0.2) is 23.1 Å². The second-order valence-corrected chi connectivity index (χ2v) is 9.38. The molecule has 2 heteroatoms. The maximum atomic E-state index is 3.89. The quantitative estimate of drug-likeness (QED) is 0.808. The van der Waals surface area contributed by atoms with Crippen molar-refractivity contribution in [2.75, 3.05) is 11.5 Å². The van der Waals surface area contributed by atoms with Gasteiger partial charge in [0.2, 0.25) is 0 Å². The van der Waals surface area contributed by atoms with E-state index in [1.807, 2.05) is 0 Å². The lowest BCUT2D eigenvalue weighted by molar-refractivity contribution is 0.204. The largest absolute Gasteiger partial charge is 0.308 e. The lowest BCUT2D eigenvalue weighted by Crippen LogP contribution is -2.51. The average molecular weight is 257 g/mol. The van der Waals surface area contributed by atoms with E-state index in [0.29, 0.717) is 16.9 Å². The second-order valence-electron chi connectivity index (χ2n) is 8.35. The van der Waals surface area contributed by atoms with Gasteiger partial charge in [-0.25, -0.2) is 0 Å². The monoisotopic (exact) mass is 257 g/mol. The average Bonchev–Trinajstić information content (AvgIpc) is 1.94. The van der Waals surface area contributed by atoms with Gasteiger partial charge in [-0.05, 0) is 43.3 Å². The topological polar surface area (TPSA) is 12.0 Å². The van der Waals surface area contributed by atoms with Gasteiger partial charge < -0.3 is 5.32 Å². The van der Waals surface area contributed by atoms with E-state index in [9.17, 15) is 0 Å². The first-order chi connectivity index (χ1) is 7.49. The SMILES string of the molecule is CC(C)(C)CC(C)(C)NC1CSCC(C)(C)C1. The van der Waals surface area contributed by atoms with Gasteiger partial charge in [-0.15, -0.1) is 0 Å². The van der Waals surface area contributed by atoms with E-state index in [1.54, 1.807) is 0 Å². The van der Waals surface area contributed by atoms with E-state index in [1.165, 1.54) is 24.3 Å². The van der Waals surface area contributed by atoms with Gasteiger partial charge in [-0.3, -0.25) is 0 Å². The molecule has 0 aliphatic carbocycles. The van der Waals surface area contributed by atoms with Crippen LogP contribution in [0.1, 0.15) is 61.3 Å². The van der Waals surface area contributed by atoms with Crippen molar-refractivity contribution in [2.24, 2.45) is 10.8 Å². The van der Waals surface area contributed by atoms with Gasteiger partial charge in [-0.1, -0.05) is 34.6 Å². The third kappa shape index (κ3) is 6.15. The van der Waals surface area contributed by atoms with Crippen LogP contribution in [0, 0.1) is 10.8 Å². The van der Waals surface area contributed by atoms with Gasteiger partial charge >= 0.3 is 0 Å². The molecule has 102 valence electrons. The fourth-order valence-corrected chi connectivity index (χ4v) is 4.56. The summed E-state index contributed by atoms with van der Waals surface area (Å²) in [7, 11) is 0. The van der Waals surface area contributed by atoms with Crippen molar-refractivity contribution >= 4 is 11.8 Å². The van der Waals surface area contributed by atoms with Crippen LogP contribution in [0.2, 0.25) is 0 Å². The predicted molar refractivity (Wildman–Crippen MR) is 80.8 cm³/mol. The molecule has 1 rings (SSSR count). The van der Waals surface area contributed by atoms with Gasteiger partial charge in [0.15, 0.2) is 0 Å². The molecule has 1 N–H and O–H groups in total. The molecule has 0 bridgehead atoms. The summed E-state index contributed by atoms with van der Waals surface area (Å²) in [6, 6.07) is 0.682. The molecule has 1 fully saturated rings. The van der Waals surface area contributed by atoms with Crippen LogP contribution in [0.4, 0.5) is 0 Å². The van der Waals surface area contributed by atoms with Crippen molar-refractivity contribution in [2.45, 2.75) is 72.9 Å². The third-order valence-electron chi connectivity index (χ3n) is 3.18. The Morgan fingerprint density at radius 1 is 1.18 bits per heavy atom. The van der Waals surface area contributed by atoms with Crippen molar-refractivity contribution in [3.8, 4) is 0 Å². The van der Waals surface area contributed by atoms with Crippen LogP contribution in [-0.2, 0) is 0 Å². The molecule has 1 aliphatic heterocycles. The molecule has 0 radical (unpaired) electrons. The number of hydrogen-bond donors (Lipinski definition) is 1. The van der Waals surface area contributed by atoms with Crippen LogP contribution in [0.5, 0.6) is 0 Å². The smallest absolute Gasteiger partial charge is 0.0168 e. The van der Waals surface area contributed by atoms with E-state index in [0.717, 1.165) is 0 Å². The zero-order chi connectivity index (χ0) is 13.3. The Balaban J connectivity index is 2.52. The molecule has 0 aromatic heterocycles. The molecule has 0 amide bonds. The maximum absolute atomic E-state index is 3.89. The summed E-state index contributed by atoms with van der Waals surface area (Å²) in [5.74, 6) is 2.59. The zero-order valence-corrected chi connectivity index (χ0v) is 13.6. The molecule has 0 saturated carbocycles. The predicted octanol–water partition coefficient (Wildman–Crippen LogP) is 4.32. The molecular weight excluding hydrogens is 226 g/mol. The van der Waals surface area contributed by atoms with Crippen LogP contribution in [0.3, 0.4) is 0 Å². The molecule has 1 nitrogen and oxygen atoms in total. The van der Waals surface area contributed by atoms with Gasteiger partial charge in [0.25, 0.3) is 0 Å². The highest BCUT2D eigenvalue weighted by Crippen LogP contribution is 2.35. The Morgan fingerprint density at radius 2 is 1.76 bits per heavy atom. The molecule has 1 atom stereocenters. The fourth-order valence-electron chi connectivity index (χ4n) is 3.28. The molecular formula is C15H31NS. The zero-order valence-electron chi connectivity index (χ0n) is 12.8. The summed E-state index contributed by atoms with van der Waals surface area (Å²) >= 11 is 2.11. The Hall–Kier alpha value is 0.310. The summed E-state index contributed by atoms with van der Waals surface area (Å²) in [6.45, 7) is 16.5. The highest BCUT2D eigenvalue weighted by atomic mass is 32.2. The number of thioether (sulfide) groups is 1. The summed E-state index contributed by atoms with van der Waals surface area (Å²) in [5.41, 5.74) is 1.14. The van der Waals surface area contributed by atoms with Gasteiger partial charge in [0.1, 0.15) is 0 Å². The van der Waals surface area contributed by atoms with Crippen LogP contribution >= 0.6 is 11.8 Å². The van der Waals surface area contributed by atoms with E-state index < -0.39 is 0 Å². The van der Waals surface area contributed by atoms with E-state index in [-0.39, 0.29) is 5.54 Å². The Kier molecular flexibility index (Phi) is 4.63. The molecule has 17 heavy (non-hydrogen) atoms. The van der Waals surface area contributed by atoms with E-state index in [4.69, 9.17) is 0 Å². The molecule has 0 aromatic rings. The van der Waals surface area contributed by atoms with Gasteiger partial charge in [0, 0.05) is 17.3 Å². The first kappa shape index (κ1) is 15.4.